The second-order valence-corrected chi connectivity index (χ2v) is 4.34. The molecule has 1 aromatic heterocycles. The minimum absolute atomic E-state index is 0.274. The number of halogens is 2. The topological polar surface area (TPSA) is 55.2 Å². The smallest absolute Gasteiger partial charge is 0.238 e. The van der Waals surface area contributed by atoms with E-state index in [1.54, 1.807) is 18.2 Å². The van der Waals surface area contributed by atoms with E-state index in [9.17, 15) is 5.11 Å². The Balaban J connectivity index is 2.41. The molecule has 0 saturated heterocycles. The number of methoxy groups -OCH3 is 1. The Morgan fingerprint density at radius 1 is 1.17 bits per heavy atom. The normalized spacial score (nSPS) is 12.2. The van der Waals surface area contributed by atoms with Crippen LogP contribution >= 0.6 is 23.2 Å². The van der Waals surface area contributed by atoms with Gasteiger partial charge in [-0.2, -0.15) is 0 Å². The first-order valence-electron chi connectivity index (χ1n) is 5.11. The maximum Gasteiger partial charge on any atom is 0.238 e. The molecule has 1 aromatic carbocycles. The van der Waals surface area contributed by atoms with Crippen molar-refractivity contribution in [2.24, 2.45) is 0 Å². The highest BCUT2D eigenvalue weighted by Crippen LogP contribution is 2.30. The zero-order valence-electron chi connectivity index (χ0n) is 9.47. The molecule has 6 heteroatoms. The first-order valence-corrected chi connectivity index (χ1v) is 5.87. The van der Waals surface area contributed by atoms with Gasteiger partial charge in [-0.3, -0.25) is 4.98 Å². The Morgan fingerprint density at radius 2 is 1.89 bits per heavy atom. The molecular formula is C12H10Cl2N2O2. The quantitative estimate of drug-likeness (QED) is 0.942. The van der Waals surface area contributed by atoms with Crippen molar-refractivity contribution in [2.45, 2.75) is 6.10 Å². The zero-order chi connectivity index (χ0) is 13.1. The molecule has 2 aromatic rings. The van der Waals surface area contributed by atoms with Crippen molar-refractivity contribution in [3.05, 3.63) is 51.9 Å². The van der Waals surface area contributed by atoms with Gasteiger partial charge < -0.3 is 9.84 Å². The van der Waals surface area contributed by atoms with Gasteiger partial charge >= 0.3 is 0 Å². The van der Waals surface area contributed by atoms with Gasteiger partial charge in [-0.25, -0.2) is 4.98 Å². The fourth-order valence-corrected chi connectivity index (χ4v) is 1.83. The molecule has 94 valence electrons. The molecule has 0 bridgehead atoms. The van der Waals surface area contributed by atoms with Crippen LogP contribution in [-0.2, 0) is 0 Å². The van der Waals surface area contributed by atoms with Crippen molar-refractivity contribution < 1.29 is 9.84 Å². The van der Waals surface area contributed by atoms with Gasteiger partial charge in [0.1, 0.15) is 11.8 Å². The fourth-order valence-electron chi connectivity index (χ4n) is 1.52. The van der Waals surface area contributed by atoms with Crippen molar-refractivity contribution >= 4 is 23.2 Å². The number of rotatable bonds is 3. The third kappa shape index (κ3) is 2.56. The summed E-state index contributed by atoms with van der Waals surface area (Å²) in [5, 5.41) is 11.0. The molecule has 0 aliphatic rings. The lowest BCUT2D eigenvalue weighted by molar-refractivity contribution is 0.207. The highest BCUT2D eigenvalue weighted by Gasteiger charge is 2.18. The lowest BCUT2D eigenvalue weighted by Gasteiger charge is -2.13. The molecule has 1 heterocycles. The van der Waals surface area contributed by atoms with E-state index >= 15 is 0 Å². The maximum absolute atomic E-state index is 10.2. The Hall–Kier alpha value is -1.36. The SMILES string of the molecule is COc1nccnc1C(O)c1ccc(Cl)c(Cl)c1. The predicted molar refractivity (Wildman–Crippen MR) is 69.1 cm³/mol. The largest absolute Gasteiger partial charge is 0.480 e. The molecule has 0 fully saturated rings. The molecule has 2 rings (SSSR count). The van der Waals surface area contributed by atoms with Crippen LogP contribution in [0.25, 0.3) is 0 Å². The summed E-state index contributed by atoms with van der Waals surface area (Å²) in [7, 11) is 1.47. The van der Waals surface area contributed by atoms with Crippen molar-refractivity contribution in [3.8, 4) is 5.88 Å². The van der Waals surface area contributed by atoms with Crippen LogP contribution in [-0.4, -0.2) is 22.2 Å². The van der Waals surface area contributed by atoms with Crippen LogP contribution in [0.1, 0.15) is 17.4 Å². The van der Waals surface area contributed by atoms with Crippen LogP contribution in [0.15, 0.2) is 30.6 Å². The minimum Gasteiger partial charge on any atom is -0.480 e. The van der Waals surface area contributed by atoms with Gasteiger partial charge in [-0.1, -0.05) is 29.3 Å². The van der Waals surface area contributed by atoms with E-state index in [-0.39, 0.29) is 5.88 Å². The predicted octanol–water partition coefficient (Wildman–Crippen LogP) is 2.87. The lowest BCUT2D eigenvalue weighted by atomic mass is 10.1. The van der Waals surface area contributed by atoms with Crippen molar-refractivity contribution in [1.29, 1.82) is 0 Å². The van der Waals surface area contributed by atoms with Crippen molar-refractivity contribution in [2.75, 3.05) is 7.11 Å². The van der Waals surface area contributed by atoms with Crippen molar-refractivity contribution in [1.82, 2.24) is 9.97 Å². The zero-order valence-corrected chi connectivity index (χ0v) is 11.0. The number of hydrogen-bond acceptors (Lipinski definition) is 4. The third-order valence-corrected chi connectivity index (χ3v) is 3.14. The molecular weight excluding hydrogens is 275 g/mol. The molecule has 18 heavy (non-hydrogen) atoms. The molecule has 0 saturated carbocycles. The summed E-state index contributed by atoms with van der Waals surface area (Å²) in [5.41, 5.74) is 0.904. The van der Waals surface area contributed by atoms with Gasteiger partial charge in [0.15, 0.2) is 0 Å². The van der Waals surface area contributed by atoms with Gasteiger partial charge in [-0.15, -0.1) is 0 Å². The number of aliphatic hydroxyl groups is 1. The van der Waals surface area contributed by atoms with Gasteiger partial charge in [0.25, 0.3) is 0 Å². The van der Waals surface area contributed by atoms with E-state index < -0.39 is 6.10 Å². The monoisotopic (exact) mass is 284 g/mol. The van der Waals surface area contributed by atoms with E-state index in [2.05, 4.69) is 9.97 Å². The third-order valence-electron chi connectivity index (χ3n) is 2.40. The Bertz CT molecular complexity index is 564. The Kier molecular flexibility index (Phi) is 4.01. The summed E-state index contributed by atoms with van der Waals surface area (Å²) in [6, 6.07) is 4.88. The Labute approximate surface area is 114 Å². The molecule has 0 radical (unpaired) electrons. The van der Waals surface area contributed by atoms with Crippen LogP contribution in [0, 0.1) is 0 Å². The van der Waals surface area contributed by atoms with E-state index in [1.165, 1.54) is 19.5 Å². The second kappa shape index (κ2) is 5.52. The lowest BCUT2D eigenvalue weighted by Crippen LogP contribution is -2.06. The van der Waals surface area contributed by atoms with Gasteiger partial charge in [-0.05, 0) is 17.7 Å². The van der Waals surface area contributed by atoms with Crippen LogP contribution < -0.4 is 4.74 Å². The number of hydrogen-bond donors (Lipinski definition) is 1. The van der Waals surface area contributed by atoms with Gasteiger partial charge in [0, 0.05) is 12.4 Å². The van der Waals surface area contributed by atoms with Gasteiger partial charge in [0.05, 0.1) is 17.2 Å². The van der Waals surface area contributed by atoms with E-state index in [0.717, 1.165) is 0 Å². The second-order valence-electron chi connectivity index (χ2n) is 3.53. The number of aromatic nitrogens is 2. The average molecular weight is 285 g/mol. The fraction of sp³-hybridized carbons (Fsp3) is 0.167. The van der Waals surface area contributed by atoms with E-state index in [4.69, 9.17) is 27.9 Å². The summed E-state index contributed by atoms with van der Waals surface area (Å²) in [5.74, 6) is 0.274. The highest BCUT2D eigenvalue weighted by atomic mass is 35.5. The Morgan fingerprint density at radius 3 is 2.56 bits per heavy atom. The molecule has 0 spiro atoms. The van der Waals surface area contributed by atoms with Crippen LogP contribution in [0.3, 0.4) is 0 Å². The molecule has 1 unspecified atom stereocenters. The molecule has 4 nitrogen and oxygen atoms in total. The molecule has 1 N–H and O–H groups in total. The van der Waals surface area contributed by atoms with Crippen LogP contribution in [0.5, 0.6) is 5.88 Å². The number of ether oxygens (including phenoxy) is 1. The summed E-state index contributed by atoms with van der Waals surface area (Å²) in [6.45, 7) is 0. The van der Waals surface area contributed by atoms with Crippen LogP contribution in [0.2, 0.25) is 10.0 Å². The molecule has 1 atom stereocenters. The van der Waals surface area contributed by atoms with Crippen molar-refractivity contribution in [3.63, 3.8) is 0 Å². The summed E-state index contributed by atoms with van der Waals surface area (Å²) < 4.78 is 5.05. The summed E-state index contributed by atoms with van der Waals surface area (Å²) >= 11 is 11.7. The average Bonchev–Trinajstić information content (AvgIpc) is 2.41. The number of nitrogens with zero attached hydrogens (tertiary/aromatic N) is 2. The summed E-state index contributed by atoms with van der Waals surface area (Å²) in [4.78, 5) is 8.04. The van der Waals surface area contributed by atoms with Gasteiger partial charge in [0.2, 0.25) is 5.88 Å². The number of benzene rings is 1. The molecule has 0 amide bonds. The summed E-state index contributed by atoms with van der Waals surface area (Å²) in [6.07, 6.45) is 2.01. The van der Waals surface area contributed by atoms with Crippen LogP contribution in [0.4, 0.5) is 0 Å². The first-order chi connectivity index (χ1) is 8.63. The minimum atomic E-state index is -0.969. The standard InChI is InChI=1S/C12H10Cl2N2O2/c1-18-12-10(15-4-5-16-12)11(17)7-2-3-8(13)9(14)6-7/h2-6,11,17H,1H3. The first kappa shape index (κ1) is 13.1. The molecule has 0 aliphatic heterocycles. The number of aliphatic hydroxyl groups excluding tert-OH is 1. The highest BCUT2D eigenvalue weighted by molar-refractivity contribution is 6.42. The maximum atomic E-state index is 10.2. The van der Waals surface area contributed by atoms with E-state index in [1.807, 2.05) is 0 Å². The van der Waals surface area contributed by atoms with E-state index in [0.29, 0.717) is 21.3 Å². The molecule has 0 aliphatic carbocycles.